The average Bonchev–Trinajstić information content (AvgIpc) is 2.59. The Bertz CT molecular complexity index is 745. The van der Waals surface area contributed by atoms with Crippen LogP contribution >= 0.6 is 0 Å². The van der Waals surface area contributed by atoms with Crippen LogP contribution in [0.1, 0.15) is 58.4 Å². The van der Waals surface area contributed by atoms with Crippen molar-refractivity contribution < 1.29 is 4.79 Å². The number of carbonyl (C=O) groups excluding carboxylic acids is 1. The summed E-state index contributed by atoms with van der Waals surface area (Å²) in [5, 5.41) is 0. The highest BCUT2D eigenvalue weighted by atomic mass is 16.1. The lowest BCUT2D eigenvalue weighted by molar-refractivity contribution is 0.0984. The van der Waals surface area contributed by atoms with Crippen molar-refractivity contribution in [1.29, 1.82) is 0 Å². The molecule has 1 aromatic carbocycles. The zero-order chi connectivity index (χ0) is 16.2. The van der Waals surface area contributed by atoms with Crippen LogP contribution in [0.2, 0.25) is 0 Å². The van der Waals surface area contributed by atoms with Crippen LogP contribution < -0.4 is 0 Å². The Morgan fingerprint density at radius 2 is 1.91 bits per heavy atom. The van der Waals surface area contributed by atoms with Crippen molar-refractivity contribution in [3.63, 3.8) is 0 Å². The monoisotopic (exact) mass is 305 g/mol. The van der Waals surface area contributed by atoms with Gasteiger partial charge in [-0.3, -0.25) is 9.78 Å². The largest absolute Gasteiger partial charge is 0.294 e. The van der Waals surface area contributed by atoms with E-state index in [2.05, 4.69) is 23.7 Å². The van der Waals surface area contributed by atoms with Crippen LogP contribution in [-0.4, -0.2) is 10.8 Å². The normalized spacial score (nSPS) is 13.4. The smallest absolute Gasteiger partial charge is 0.163 e. The van der Waals surface area contributed by atoms with Gasteiger partial charge < -0.3 is 0 Å². The Balaban J connectivity index is 1.66. The third-order valence-corrected chi connectivity index (χ3v) is 4.67. The fourth-order valence-electron chi connectivity index (χ4n) is 3.29. The van der Waals surface area contributed by atoms with Crippen molar-refractivity contribution in [3.05, 3.63) is 71.1 Å². The van der Waals surface area contributed by atoms with Crippen LogP contribution in [0.4, 0.5) is 0 Å². The molecular formula is C21H23NO. The topological polar surface area (TPSA) is 30.0 Å². The van der Waals surface area contributed by atoms with E-state index in [9.17, 15) is 4.79 Å². The van der Waals surface area contributed by atoms with Gasteiger partial charge in [-0.25, -0.2) is 0 Å². The van der Waals surface area contributed by atoms with Crippen LogP contribution in [0, 0.1) is 6.92 Å². The number of hydrogen-bond acceptors (Lipinski definition) is 2. The maximum absolute atomic E-state index is 12.5. The van der Waals surface area contributed by atoms with E-state index in [0.717, 1.165) is 35.2 Å². The van der Waals surface area contributed by atoms with Gasteiger partial charge in [-0.2, -0.15) is 0 Å². The number of rotatable bonds is 5. The van der Waals surface area contributed by atoms with Crippen LogP contribution in [0.3, 0.4) is 0 Å². The first-order valence-corrected chi connectivity index (χ1v) is 8.40. The lowest BCUT2D eigenvalue weighted by atomic mass is 9.89. The molecule has 0 saturated carbocycles. The molecule has 1 heterocycles. The molecule has 0 amide bonds. The number of allylic oxidation sites excluding steroid dienone is 1. The van der Waals surface area contributed by atoms with Gasteiger partial charge >= 0.3 is 0 Å². The van der Waals surface area contributed by atoms with E-state index >= 15 is 0 Å². The second-order valence-electron chi connectivity index (χ2n) is 6.39. The first kappa shape index (κ1) is 15.7. The number of pyridine rings is 1. The van der Waals surface area contributed by atoms with E-state index in [1.165, 1.54) is 24.0 Å². The minimum absolute atomic E-state index is 0.202. The van der Waals surface area contributed by atoms with Gasteiger partial charge in [0.15, 0.2) is 5.78 Å². The molecule has 0 aliphatic heterocycles. The first-order valence-electron chi connectivity index (χ1n) is 8.40. The zero-order valence-corrected chi connectivity index (χ0v) is 13.8. The van der Waals surface area contributed by atoms with Gasteiger partial charge in [0, 0.05) is 18.2 Å². The zero-order valence-electron chi connectivity index (χ0n) is 13.8. The summed E-state index contributed by atoms with van der Waals surface area (Å²) in [5.74, 6) is 0.202. The van der Waals surface area contributed by atoms with Crippen LogP contribution in [0.25, 0.3) is 5.57 Å². The summed E-state index contributed by atoms with van der Waals surface area (Å²) in [6.07, 6.45) is 7.69. The van der Waals surface area contributed by atoms with Crippen molar-refractivity contribution in [2.24, 2.45) is 0 Å². The van der Waals surface area contributed by atoms with E-state index < -0.39 is 0 Å². The quantitative estimate of drug-likeness (QED) is 0.732. The predicted octanol–water partition coefficient (Wildman–Crippen LogP) is 4.95. The molecule has 0 fully saturated rings. The molecule has 0 bridgehead atoms. The standard InChI is InChI=1S/C21H23NO/c1-15-6-5-13-22-21(15)16(2)9-12-20(23)19-11-10-17-7-3-4-8-18(17)14-19/h5-6,10-11,13-14H,2-4,7-9,12H2,1H3. The highest BCUT2D eigenvalue weighted by Crippen LogP contribution is 2.24. The number of hydrogen-bond donors (Lipinski definition) is 0. The number of benzene rings is 1. The fraction of sp³-hybridized carbons (Fsp3) is 0.333. The van der Waals surface area contributed by atoms with E-state index in [1.54, 1.807) is 6.20 Å². The minimum atomic E-state index is 0.202. The van der Waals surface area contributed by atoms with Gasteiger partial charge in [-0.05, 0) is 73.4 Å². The lowest BCUT2D eigenvalue weighted by Crippen LogP contribution is -2.06. The molecule has 2 heteroatoms. The molecule has 1 aliphatic carbocycles. The maximum Gasteiger partial charge on any atom is 0.163 e. The van der Waals surface area contributed by atoms with Gasteiger partial charge in [0.1, 0.15) is 0 Å². The number of Topliss-reactive ketones (excluding diaryl/α,β-unsaturated/α-hetero) is 1. The average molecular weight is 305 g/mol. The van der Waals surface area contributed by atoms with E-state index in [-0.39, 0.29) is 5.78 Å². The van der Waals surface area contributed by atoms with Crippen molar-refractivity contribution >= 4 is 11.4 Å². The Morgan fingerprint density at radius 1 is 1.13 bits per heavy atom. The first-order chi connectivity index (χ1) is 11.1. The number of aryl methyl sites for hydroxylation is 3. The summed E-state index contributed by atoms with van der Waals surface area (Å²) in [5.41, 5.74) is 6.60. The molecule has 2 nitrogen and oxygen atoms in total. The second kappa shape index (κ2) is 6.91. The fourth-order valence-corrected chi connectivity index (χ4v) is 3.29. The van der Waals surface area contributed by atoms with Crippen LogP contribution in [-0.2, 0) is 12.8 Å². The number of fused-ring (bicyclic) bond motifs is 1. The third-order valence-electron chi connectivity index (χ3n) is 4.67. The summed E-state index contributed by atoms with van der Waals surface area (Å²) in [7, 11) is 0. The number of carbonyl (C=O) groups is 1. The van der Waals surface area contributed by atoms with Crippen molar-refractivity contribution in [2.45, 2.75) is 45.4 Å². The highest BCUT2D eigenvalue weighted by Gasteiger charge is 2.14. The van der Waals surface area contributed by atoms with Crippen molar-refractivity contribution in [2.75, 3.05) is 0 Å². The number of ketones is 1. The molecule has 23 heavy (non-hydrogen) atoms. The van der Waals surface area contributed by atoms with Crippen LogP contribution in [0.15, 0.2) is 43.1 Å². The maximum atomic E-state index is 12.5. The van der Waals surface area contributed by atoms with Gasteiger partial charge in [0.05, 0.1) is 5.69 Å². The van der Waals surface area contributed by atoms with Gasteiger partial charge in [0.25, 0.3) is 0 Å². The lowest BCUT2D eigenvalue weighted by Gasteiger charge is -2.16. The van der Waals surface area contributed by atoms with E-state index in [0.29, 0.717) is 12.8 Å². The number of aromatic nitrogens is 1. The second-order valence-corrected chi connectivity index (χ2v) is 6.39. The molecule has 3 rings (SSSR count). The molecule has 0 N–H and O–H groups in total. The Morgan fingerprint density at radius 3 is 2.70 bits per heavy atom. The van der Waals surface area contributed by atoms with Gasteiger partial charge in [0.2, 0.25) is 0 Å². The Labute approximate surface area is 138 Å². The van der Waals surface area contributed by atoms with Crippen LogP contribution in [0.5, 0.6) is 0 Å². The molecule has 0 atom stereocenters. The highest BCUT2D eigenvalue weighted by molar-refractivity contribution is 5.97. The SMILES string of the molecule is C=C(CCC(=O)c1ccc2c(c1)CCCC2)c1ncccc1C. The molecule has 0 unspecified atom stereocenters. The molecule has 0 spiro atoms. The van der Waals surface area contributed by atoms with Crippen molar-refractivity contribution in [1.82, 2.24) is 4.98 Å². The Hall–Kier alpha value is -2.22. The summed E-state index contributed by atoms with van der Waals surface area (Å²) >= 11 is 0. The van der Waals surface area contributed by atoms with Crippen molar-refractivity contribution in [3.8, 4) is 0 Å². The van der Waals surface area contributed by atoms with E-state index in [4.69, 9.17) is 0 Å². The third kappa shape index (κ3) is 3.58. The molecule has 118 valence electrons. The summed E-state index contributed by atoms with van der Waals surface area (Å²) in [4.78, 5) is 16.9. The summed E-state index contributed by atoms with van der Waals surface area (Å²) in [6, 6.07) is 10.2. The molecular weight excluding hydrogens is 282 g/mol. The Kier molecular flexibility index (Phi) is 4.71. The minimum Gasteiger partial charge on any atom is -0.294 e. The molecule has 1 aromatic heterocycles. The molecule has 0 saturated heterocycles. The summed E-state index contributed by atoms with van der Waals surface area (Å²) < 4.78 is 0. The predicted molar refractivity (Wildman–Crippen MR) is 94.7 cm³/mol. The van der Waals surface area contributed by atoms with E-state index in [1.807, 2.05) is 25.1 Å². The van der Waals surface area contributed by atoms with Gasteiger partial charge in [-0.1, -0.05) is 24.8 Å². The number of nitrogens with zero attached hydrogens (tertiary/aromatic N) is 1. The summed E-state index contributed by atoms with van der Waals surface area (Å²) in [6.45, 7) is 6.13. The molecule has 0 radical (unpaired) electrons. The van der Waals surface area contributed by atoms with Gasteiger partial charge in [-0.15, -0.1) is 0 Å². The molecule has 2 aromatic rings. The molecule has 1 aliphatic rings.